The molecule has 0 N–H and O–H groups in total. The second-order valence-electron chi connectivity index (χ2n) is 5.46. The summed E-state index contributed by atoms with van der Waals surface area (Å²) in [6, 6.07) is 13.7. The summed E-state index contributed by atoms with van der Waals surface area (Å²) in [6.07, 6.45) is 0.709. The first-order valence-corrected chi connectivity index (χ1v) is 7.23. The molecule has 21 heavy (non-hydrogen) atoms. The number of hydrogen-bond acceptors (Lipinski definition) is 2. The number of ketones is 1. The number of furan rings is 1. The van der Waals surface area contributed by atoms with Gasteiger partial charge < -0.3 is 4.42 Å². The van der Waals surface area contributed by atoms with E-state index < -0.39 is 0 Å². The molecule has 0 aliphatic heterocycles. The van der Waals surface area contributed by atoms with E-state index in [1.807, 2.05) is 57.2 Å². The van der Waals surface area contributed by atoms with Gasteiger partial charge in [0, 0.05) is 17.4 Å². The van der Waals surface area contributed by atoms with Crippen LogP contribution in [-0.2, 0) is 6.42 Å². The quantitative estimate of drug-likeness (QED) is 0.641. The van der Waals surface area contributed by atoms with Gasteiger partial charge in [0.25, 0.3) is 0 Å². The molecule has 0 saturated carbocycles. The van der Waals surface area contributed by atoms with Crippen LogP contribution in [-0.4, -0.2) is 5.78 Å². The lowest BCUT2D eigenvalue weighted by molar-refractivity contribution is 0.103. The van der Waals surface area contributed by atoms with E-state index in [-0.39, 0.29) is 5.78 Å². The maximum absolute atomic E-state index is 12.9. The fraction of sp³-hybridized carbons (Fsp3) is 0.211. The lowest BCUT2D eigenvalue weighted by atomic mass is 9.97. The minimum absolute atomic E-state index is 0.0450. The molecule has 0 radical (unpaired) electrons. The molecule has 0 atom stereocenters. The van der Waals surface area contributed by atoms with Crippen LogP contribution in [0.25, 0.3) is 11.0 Å². The average Bonchev–Trinajstić information content (AvgIpc) is 2.83. The Hall–Kier alpha value is -2.35. The Kier molecular flexibility index (Phi) is 3.38. The Balaban J connectivity index is 2.21. The van der Waals surface area contributed by atoms with Crippen LogP contribution in [0.15, 0.2) is 46.9 Å². The van der Waals surface area contributed by atoms with E-state index in [1.54, 1.807) is 0 Å². The number of para-hydroxylation sites is 1. The van der Waals surface area contributed by atoms with Crippen molar-refractivity contribution in [2.75, 3.05) is 0 Å². The Morgan fingerprint density at radius 1 is 1.05 bits per heavy atom. The zero-order valence-corrected chi connectivity index (χ0v) is 12.6. The summed E-state index contributed by atoms with van der Waals surface area (Å²) >= 11 is 0. The molecule has 0 amide bonds. The van der Waals surface area contributed by atoms with E-state index >= 15 is 0 Å². The summed E-state index contributed by atoms with van der Waals surface area (Å²) in [6.45, 7) is 6.03. The first-order chi connectivity index (χ1) is 10.1. The molecular formula is C19H18O2. The number of benzene rings is 2. The van der Waals surface area contributed by atoms with Crippen LogP contribution in [0.4, 0.5) is 0 Å². The second-order valence-corrected chi connectivity index (χ2v) is 5.46. The van der Waals surface area contributed by atoms with Crippen LogP contribution < -0.4 is 0 Å². The van der Waals surface area contributed by atoms with Gasteiger partial charge in [0.1, 0.15) is 11.3 Å². The molecule has 2 aromatic carbocycles. The molecule has 2 nitrogen and oxygen atoms in total. The van der Waals surface area contributed by atoms with Crippen molar-refractivity contribution in [1.82, 2.24) is 0 Å². The summed E-state index contributed by atoms with van der Waals surface area (Å²) in [5, 5.41) is 0.901. The van der Waals surface area contributed by atoms with E-state index in [1.165, 1.54) is 0 Å². The predicted molar refractivity (Wildman–Crippen MR) is 84.9 cm³/mol. The minimum Gasteiger partial charge on any atom is -0.460 e. The van der Waals surface area contributed by atoms with E-state index in [0.29, 0.717) is 12.0 Å². The maximum Gasteiger partial charge on any atom is 0.197 e. The number of carbonyl (C=O) groups excluding carboxylic acids is 1. The van der Waals surface area contributed by atoms with Gasteiger partial charge in [0.15, 0.2) is 5.78 Å². The second kappa shape index (κ2) is 5.21. The third-order valence-electron chi connectivity index (χ3n) is 3.70. The lowest BCUT2D eigenvalue weighted by Gasteiger charge is -2.05. The van der Waals surface area contributed by atoms with Gasteiger partial charge in [-0.2, -0.15) is 0 Å². The Labute approximate surface area is 124 Å². The van der Waals surface area contributed by atoms with Crippen molar-refractivity contribution in [3.8, 4) is 0 Å². The fourth-order valence-corrected chi connectivity index (χ4v) is 2.84. The molecule has 0 aliphatic rings. The molecule has 0 fully saturated rings. The van der Waals surface area contributed by atoms with Crippen LogP contribution in [0.2, 0.25) is 0 Å². The lowest BCUT2D eigenvalue weighted by Crippen LogP contribution is -2.04. The largest absolute Gasteiger partial charge is 0.460 e. The standard InChI is InChI=1S/C19H18O2/c1-4-16-18(15-7-5-6-8-17(15)21-16)19(20)14-10-12(2)9-13(3)11-14/h5-11H,4H2,1-3H3. The molecule has 1 aromatic heterocycles. The van der Waals surface area contributed by atoms with Crippen molar-refractivity contribution < 1.29 is 9.21 Å². The van der Waals surface area contributed by atoms with Crippen molar-refractivity contribution in [2.45, 2.75) is 27.2 Å². The minimum atomic E-state index is 0.0450. The smallest absolute Gasteiger partial charge is 0.197 e. The summed E-state index contributed by atoms with van der Waals surface area (Å²) < 4.78 is 5.83. The van der Waals surface area contributed by atoms with Crippen molar-refractivity contribution in [3.05, 3.63) is 70.5 Å². The van der Waals surface area contributed by atoms with E-state index in [2.05, 4.69) is 6.07 Å². The van der Waals surface area contributed by atoms with E-state index in [4.69, 9.17) is 4.42 Å². The van der Waals surface area contributed by atoms with Gasteiger partial charge in [-0.25, -0.2) is 0 Å². The van der Waals surface area contributed by atoms with Crippen molar-refractivity contribution >= 4 is 16.8 Å². The first kappa shape index (κ1) is 13.6. The first-order valence-electron chi connectivity index (χ1n) is 7.23. The highest BCUT2D eigenvalue weighted by Crippen LogP contribution is 2.29. The van der Waals surface area contributed by atoms with Crippen LogP contribution >= 0.6 is 0 Å². The number of carbonyl (C=O) groups is 1. The third kappa shape index (κ3) is 2.38. The Morgan fingerprint density at radius 2 is 1.71 bits per heavy atom. The summed E-state index contributed by atoms with van der Waals surface area (Å²) in [7, 11) is 0. The highest BCUT2D eigenvalue weighted by atomic mass is 16.3. The number of rotatable bonds is 3. The molecule has 0 spiro atoms. The number of aryl methyl sites for hydroxylation is 3. The summed E-state index contributed by atoms with van der Waals surface area (Å²) in [4.78, 5) is 12.9. The molecular weight excluding hydrogens is 260 g/mol. The monoisotopic (exact) mass is 278 g/mol. The Bertz CT molecular complexity index is 804. The van der Waals surface area contributed by atoms with E-state index in [9.17, 15) is 4.79 Å². The van der Waals surface area contributed by atoms with Crippen LogP contribution in [0.5, 0.6) is 0 Å². The topological polar surface area (TPSA) is 30.2 Å². The molecule has 0 saturated heterocycles. The van der Waals surface area contributed by atoms with Gasteiger partial charge in [0.2, 0.25) is 0 Å². The summed E-state index contributed by atoms with van der Waals surface area (Å²) in [5.41, 5.74) is 4.42. The van der Waals surface area contributed by atoms with Gasteiger partial charge >= 0.3 is 0 Å². The van der Waals surface area contributed by atoms with Crippen LogP contribution in [0.3, 0.4) is 0 Å². The Morgan fingerprint density at radius 3 is 2.38 bits per heavy atom. The third-order valence-corrected chi connectivity index (χ3v) is 3.70. The highest BCUT2D eigenvalue weighted by molar-refractivity contribution is 6.17. The SMILES string of the molecule is CCc1oc2ccccc2c1C(=O)c1cc(C)cc(C)c1. The molecule has 1 heterocycles. The molecule has 0 aliphatic carbocycles. The zero-order valence-electron chi connectivity index (χ0n) is 12.6. The maximum atomic E-state index is 12.9. The number of fused-ring (bicyclic) bond motifs is 1. The van der Waals surface area contributed by atoms with Crippen LogP contribution in [0, 0.1) is 13.8 Å². The number of hydrogen-bond donors (Lipinski definition) is 0. The van der Waals surface area contributed by atoms with Gasteiger partial charge in [-0.15, -0.1) is 0 Å². The molecule has 0 bridgehead atoms. The van der Waals surface area contributed by atoms with E-state index in [0.717, 1.165) is 33.4 Å². The summed E-state index contributed by atoms with van der Waals surface area (Å²) in [5.74, 6) is 0.809. The molecule has 2 heteroatoms. The zero-order chi connectivity index (χ0) is 15.0. The van der Waals surface area contributed by atoms with Crippen LogP contribution in [0.1, 0.15) is 39.7 Å². The molecule has 106 valence electrons. The van der Waals surface area contributed by atoms with Crippen molar-refractivity contribution in [1.29, 1.82) is 0 Å². The molecule has 0 unspecified atom stereocenters. The predicted octanol–water partition coefficient (Wildman–Crippen LogP) is 4.84. The van der Waals surface area contributed by atoms with Gasteiger partial charge in [0.05, 0.1) is 5.56 Å². The molecule has 3 rings (SSSR count). The van der Waals surface area contributed by atoms with Gasteiger partial charge in [-0.1, -0.05) is 42.3 Å². The van der Waals surface area contributed by atoms with Gasteiger partial charge in [-0.05, 0) is 32.0 Å². The molecule has 3 aromatic rings. The van der Waals surface area contributed by atoms with Gasteiger partial charge in [-0.3, -0.25) is 4.79 Å². The van der Waals surface area contributed by atoms with Crippen molar-refractivity contribution in [2.24, 2.45) is 0 Å². The normalized spacial score (nSPS) is 11.0. The fourth-order valence-electron chi connectivity index (χ4n) is 2.84. The van der Waals surface area contributed by atoms with Crippen molar-refractivity contribution in [3.63, 3.8) is 0 Å². The highest BCUT2D eigenvalue weighted by Gasteiger charge is 2.21. The average molecular weight is 278 g/mol.